The third kappa shape index (κ3) is 4.19. The minimum absolute atomic E-state index is 0.415. The summed E-state index contributed by atoms with van der Waals surface area (Å²) < 4.78 is 26.5. The molecule has 2 aromatic carbocycles. The highest BCUT2D eigenvalue weighted by Gasteiger charge is 2.12. The van der Waals surface area contributed by atoms with E-state index in [-0.39, 0.29) is 0 Å². The lowest BCUT2D eigenvalue weighted by Gasteiger charge is -2.18. The van der Waals surface area contributed by atoms with E-state index in [2.05, 4.69) is 37.6 Å². The Kier molecular flexibility index (Phi) is 5.06. The number of halogens is 2. The SMILES string of the molecule is Cc1nc(Nc2ccc(N3CCCC3)cc2)cc(Nc2ccc(F)c(F)c2)n1. The molecule has 0 aliphatic carbocycles. The molecular formula is C21H21F2N5. The molecule has 0 atom stereocenters. The number of rotatable bonds is 5. The molecule has 5 nitrogen and oxygen atoms in total. The monoisotopic (exact) mass is 381 g/mol. The maximum Gasteiger partial charge on any atom is 0.160 e. The van der Waals surface area contributed by atoms with E-state index >= 15 is 0 Å². The molecule has 4 rings (SSSR count). The molecule has 1 aliphatic rings. The van der Waals surface area contributed by atoms with Gasteiger partial charge in [-0.25, -0.2) is 18.7 Å². The first-order valence-corrected chi connectivity index (χ1v) is 9.27. The molecule has 2 heterocycles. The van der Waals surface area contributed by atoms with Crippen LogP contribution in [-0.2, 0) is 0 Å². The number of hydrogen-bond acceptors (Lipinski definition) is 5. The molecule has 3 aromatic rings. The molecule has 144 valence electrons. The lowest BCUT2D eigenvalue weighted by molar-refractivity contribution is 0.509. The number of nitrogens with one attached hydrogen (secondary N) is 2. The molecule has 1 aliphatic heterocycles. The molecule has 0 spiro atoms. The van der Waals surface area contributed by atoms with Gasteiger partial charge >= 0.3 is 0 Å². The van der Waals surface area contributed by atoms with E-state index in [0.717, 1.165) is 30.9 Å². The lowest BCUT2D eigenvalue weighted by atomic mass is 10.2. The van der Waals surface area contributed by atoms with Crippen molar-refractivity contribution in [1.29, 1.82) is 0 Å². The highest BCUT2D eigenvalue weighted by Crippen LogP contribution is 2.25. The van der Waals surface area contributed by atoms with E-state index in [0.29, 0.717) is 23.1 Å². The zero-order valence-electron chi connectivity index (χ0n) is 15.5. The third-order valence-electron chi connectivity index (χ3n) is 4.64. The molecule has 0 amide bonds. The van der Waals surface area contributed by atoms with Crippen LogP contribution in [0.25, 0.3) is 0 Å². The molecule has 1 aromatic heterocycles. The summed E-state index contributed by atoms with van der Waals surface area (Å²) in [6, 6.07) is 13.6. The van der Waals surface area contributed by atoms with E-state index in [1.807, 2.05) is 12.1 Å². The number of anilines is 5. The number of hydrogen-bond donors (Lipinski definition) is 2. The summed E-state index contributed by atoms with van der Waals surface area (Å²) in [6.07, 6.45) is 2.49. The highest BCUT2D eigenvalue weighted by molar-refractivity contribution is 5.65. The molecular weight excluding hydrogens is 360 g/mol. The predicted octanol–water partition coefficient (Wildman–Crippen LogP) is 5.15. The van der Waals surface area contributed by atoms with E-state index in [1.165, 1.54) is 24.6 Å². The van der Waals surface area contributed by atoms with Gasteiger partial charge in [-0.1, -0.05) is 0 Å². The molecule has 0 radical (unpaired) electrons. The zero-order chi connectivity index (χ0) is 19.5. The van der Waals surface area contributed by atoms with Crippen molar-refractivity contribution in [1.82, 2.24) is 9.97 Å². The largest absolute Gasteiger partial charge is 0.372 e. The van der Waals surface area contributed by atoms with Crippen LogP contribution in [0.1, 0.15) is 18.7 Å². The predicted molar refractivity (Wildman–Crippen MR) is 108 cm³/mol. The third-order valence-corrected chi connectivity index (χ3v) is 4.64. The smallest absolute Gasteiger partial charge is 0.160 e. The van der Waals surface area contributed by atoms with Crippen LogP contribution in [0.15, 0.2) is 48.5 Å². The summed E-state index contributed by atoms with van der Waals surface area (Å²) in [4.78, 5) is 11.1. The van der Waals surface area contributed by atoms with E-state index < -0.39 is 11.6 Å². The van der Waals surface area contributed by atoms with E-state index in [9.17, 15) is 8.78 Å². The Bertz CT molecular complexity index is 969. The summed E-state index contributed by atoms with van der Waals surface area (Å²) in [7, 11) is 0. The number of aromatic nitrogens is 2. The van der Waals surface area contributed by atoms with Crippen molar-refractivity contribution in [2.75, 3.05) is 28.6 Å². The summed E-state index contributed by atoms with van der Waals surface area (Å²) in [5.74, 6) is -0.124. The van der Waals surface area contributed by atoms with Crippen LogP contribution in [0.5, 0.6) is 0 Å². The molecule has 1 saturated heterocycles. The Hall–Kier alpha value is -3.22. The van der Waals surface area contributed by atoms with Gasteiger partial charge in [-0.2, -0.15) is 0 Å². The first kappa shape index (κ1) is 18.2. The Morgan fingerprint density at radius 2 is 1.39 bits per heavy atom. The summed E-state index contributed by atoms with van der Waals surface area (Å²) >= 11 is 0. The van der Waals surface area contributed by atoms with Crippen LogP contribution in [0.2, 0.25) is 0 Å². The Balaban J connectivity index is 1.49. The van der Waals surface area contributed by atoms with Crippen molar-refractivity contribution in [3.8, 4) is 0 Å². The van der Waals surface area contributed by atoms with Gasteiger partial charge < -0.3 is 15.5 Å². The van der Waals surface area contributed by atoms with E-state index in [4.69, 9.17) is 0 Å². The average molecular weight is 381 g/mol. The van der Waals surface area contributed by atoms with Crippen molar-refractivity contribution in [3.63, 3.8) is 0 Å². The van der Waals surface area contributed by atoms with Gasteiger partial charge in [0.25, 0.3) is 0 Å². The molecule has 0 bridgehead atoms. The van der Waals surface area contributed by atoms with E-state index in [1.54, 1.807) is 13.0 Å². The highest BCUT2D eigenvalue weighted by atomic mass is 19.2. The number of benzene rings is 2. The average Bonchev–Trinajstić information content (AvgIpc) is 3.20. The minimum atomic E-state index is -0.910. The summed E-state index contributed by atoms with van der Waals surface area (Å²) in [5.41, 5.74) is 2.56. The van der Waals surface area contributed by atoms with Crippen LogP contribution in [-0.4, -0.2) is 23.1 Å². The second kappa shape index (κ2) is 7.80. The number of nitrogens with zero attached hydrogens (tertiary/aromatic N) is 3. The van der Waals surface area contributed by atoms with Gasteiger partial charge in [-0.05, 0) is 56.2 Å². The first-order valence-electron chi connectivity index (χ1n) is 9.27. The summed E-state index contributed by atoms with van der Waals surface area (Å²) in [5, 5.41) is 6.25. The zero-order valence-corrected chi connectivity index (χ0v) is 15.5. The van der Waals surface area contributed by atoms with Crippen LogP contribution in [0, 0.1) is 18.6 Å². The van der Waals surface area contributed by atoms with Crippen LogP contribution < -0.4 is 15.5 Å². The van der Waals surface area contributed by atoms with Crippen LogP contribution >= 0.6 is 0 Å². The van der Waals surface area contributed by atoms with Crippen molar-refractivity contribution in [2.24, 2.45) is 0 Å². The maximum atomic E-state index is 13.4. The van der Waals surface area contributed by atoms with Gasteiger partial charge in [0.1, 0.15) is 17.5 Å². The molecule has 28 heavy (non-hydrogen) atoms. The van der Waals surface area contributed by atoms with Gasteiger partial charge in [0, 0.05) is 42.3 Å². The Morgan fingerprint density at radius 1 is 0.786 bits per heavy atom. The van der Waals surface area contributed by atoms with Crippen LogP contribution in [0.4, 0.5) is 37.5 Å². The fraction of sp³-hybridized carbons (Fsp3) is 0.238. The van der Waals surface area contributed by atoms with Crippen molar-refractivity contribution < 1.29 is 8.78 Å². The normalized spacial score (nSPS) is 13.6. The number of aryl methyl sites for hydroxylation is 1. The molecule has 0 unspecified atom stereocenters. The molecule has 7 heteroatoms. The van der Waals surface area contributed by atoms with Gasteiger partial charge in [0.05, 0.1) is 0 Å². The lowest BCUT2D eigenvalue weighted by Crippen LogP contribution is -2.17. The van der Waals surface area contributed by atoms with Crippen molar-refractivity contribution >= 4 is 28.7 Å². The maximum absolute atomic E-state index is 13.4. The Morgan fingerprint density at radius 3 is 2.04 bits per heavy atom. The van der Waals surface area contributed by atoms with Crippen molar-refractivity contribution in [3.05, 3.63) is 66.0 Å². The Labute approximate surface area is 162 Å². The summed E-state index contributed by atoms with van der Waals surface area (Å²) in [6.45, 7) is 3.99. The second-order valence-corrected chi connectivity index (χ2v) is 6.81. The molecule has 2 N–H and O–H groups in total. The second-order valence-electron chi connectivity index (χ2n) is 6.81. The fourth-order valence-corrected chi connectivity index (χ4v) is 3.30. The quantitative estimate of drug-likeness (QED) is 0.640. The standard InChI is InChI=1S/C21H21F2N5/c1-14-24-20(13-21(25-14)27-16-6-9-18(22)19(23)12-16)26-15-4-7-17(8-5-15)28-10-2-3-11-28/h4-9,12-13H,2-3,10-11H2,1H3,(H2,24,25,26,27). The van der Waals surface area contributed by atoms with Gasteiger partial charge in [-0.15, -0.1) is 0 Å². The van der Waals surface area contributed by atoms with Crippen LogP contribution in [0.3, 0.4) is 0 Å². The fourth-order valence-electron chi connectivity index (χ4n) is 3.30. The van der Waals surface area contributed by atoms with Crippen molar-refractivity contribution in [2.45, 2.75) is 19.8 Å². The molecule has 0 saturated carbocycles. The topological polar surface area (TPSA) is 53.1 Å². The molecule has 1 fully saturated rings. The van der Waals surface area contributed by atoms with Gasteiger partial charge in [0.15, 0.2) is 11.6 Å². The minimum Gasteiger partial charge on any atom is -0.372 e. The first-order chi connectivity index (χ1) is 13.6. The van der Waals surface area contributed by atoms with Gasteiger partial charge in [-0.3, -0.25) is 0 Å². The van der Waals surface area contributed by atoms with Gasteiger partial charge in [0.2, 0.25) is 0 Å².